The van der Waals surface area contributed by atoms with E-state index in [4.69, 9.17) is 32.7 Å². The molecule has 0 unspecified atom stereocenters. The lowest BCUT2D eigenvalue weighted by Crippen LogP contribution is -2.00. The van der Waals surface area contributed by atoms with Gasteiger partial charge in [0.05, 0.1) is 28.4 Å². The zero-order chi connectivity index (χ0) is 21.7. The predicted molar refractivity (Wildman–Crippen MR) is 120 cm³/mol. The average molecular weight is 445 g/mol. The van der Waals surface area contributed by atoms with E-state index in [1.165, 1.54) is 6.08 Å². The summed E-state index contributed by atoms with van der Waals surface area (Å²) in [4.78, 5) is 12.6. The van der Waals surface area contributed by atoms with Gasteiger partial charge < -0.3 is 9.47 Å². The number of ether oxygens (including phenoxy) is 2. The van der Waals surface area contributed by atoms with Crippen LogP contribution in [0.5, 0.6) is 11.5 Å². The van der Waals surface area contributed by atoms with Crippen LogP contribution in [-0.2, 0) is 13.2 Å². The third kappa shape index (κ3) is 5.04. The number of methoxy groups -OCH3 is 1. The third-order valence-electron chi connectivity index (χ3n) is 4.55. The molecule has 0 aliphatic heterocycles. The highest BCUT2D eigenvalue weighted by molar-refractivity contribution is 6.42. The van der Waals surface area contributed by atoms with E-state index in [-0.39, 0.29) is 12.4 Å². The van der Waals surface area contributed by atoms with Gasteiger partial charge in [0.15, 0.2) is 17.3 Å². The van der Waals surface area contributed by atoms with Gasteiger partial charge in [0.25, 0.3) is 0 Å². The summed E-state index contributed by atoms with van der Waals surface area (Å²) in [5.41, 5.74) is 2.87. The molecule has 0 saturated carbocycles. The Morgan fingerprint density at radius 1 is 1.20 bits per heavy atom. The molecular weight excluding hydrogens is 423 g/mol. The lowest BCUT2D eigenvalue weighted by molar-refractivity contribution is 0.104. The third-order valence-corrected chi connectivity index (χ3v) is 5.29. The van der Waals surface area contributed by atoms with E-state index in [1.807, 2.05) is 32.0 Å². The molecule has 1 aromatic heterocycles. The predicted octanol–water partition coefficient (Wildman–Crippen LogP) is 6.00. The van der Waals surface area contributed by atoms with Gasteiger partial charge in [-0.15, -0.1) is 0 Å². The van der Waals surface area contributed by atoms with Crippen LogP contribution < -0.4 is 9.47 Å². The van der Waals surface area contributed by atoms with Crippen LogP contribution in [0.15, 0.2) is 48.7 Å². The number of hydrogen-bond donors (Lipinski definition) is 0. The molecule has 0 saturated heterocycles. The fourth-order valence-electron chi connectivity index (χ4n) is 2.94. The second-order valence-electron chi connectivity index (χ2n) is 6.60. The number of carbonyl (C=O) groups is 1. The van der Waals surface area contributed by atoms with Crippen molar-refractivity contribution in [2.75, 3.05) is 7.11 Å². The molecule has 0 atom stereocenters. The molecule has 5 nitrogen and oxygen atoms in total. The van der Waals surface area contributed by atoms with Crippen molar-refractivity contribution in [1.82, 2.24) is 9.78 Å². The maximum absolute atomic E-state index is 12.6. The smallest absolute Gasteiger partial charge is 0.189 e. The molecule has 3 aromatic rings. The zero-order valence-electron chi connectivity index (χ0n) is 17.0. The summed E-state index contributed by atoms with van der Waals surface area (Å²) >= 11 is 12.1. The van der Waals surface area contributed by atoms with Crippen molar-refractivity contribution in [2.45, 2.75) is 27.0 Å². The van der Waals surface area contributed by atoms with Crippen LogP contribution in [0, 0.1) is 6.92 Å². The number of nitrogens with zero attached hydrogens (tertiary/aromatic N) is 2. The van der Waals surface area contributed by atoms with Crippen LogP contribution in [0.25, 0.3) is 6.08 Å². The Labute approximate surface area is 185 Å². The standard InChI is InChI=1S/C23H22Cl2N2O3/c1-4-27-13-18(15(2)26-27)21(28)11-9-17-6-5-7-22(29-3)23(17)30-14-16-8-10-19(24)20(25)12-16/h5-13H,4,14H2,1-3H3/b11-9+. The monoisotopic (exact) mass is 444 g/mol. The molecule has 0 fully saturated rings. The van der Waals surface area contributed by atoms with Crippen LogP contribution in [0.1, 0.15) is 34.1 Å². The highest BCUT2D eigenvalue weighted by Gasteiger charge is 2.13. The van der Waals surface area contributed by atoms with E-state index in [1.54, 1.807) is 42.3 Å². The maximum atomic E-state index is 12.6. The van der Waals surface area contributed by atoms with E-state index >= 15 is 0 Å². The molecule has 0 spiro atoms. The summed E-state index contributed by atoms with van der Waals surface area (Å²) < 4.78 is 13.2. The molecule has 0 bridgehead atoms. The highest BCUT2D eigenvalue weighted by atomic mass is 35.5. The summed E-state index contributed by atoms with van der Waals surface area (Å²) in [7, 11) is 1.57. The molecule has 1 heterocycles. The Balaban J connectivity index is 1.84. The number of ketones is 1. The van der Waals surface area contributed by atoms with Gasteiger partial charge in [-0.1, -0.05) is 41.4 Å². The van der Waals surface area contributed by atoms with Crippen LogP contribution in [-0.4, -0.2) is 22.7 Å². The molecule has 0 radical (unpaired) electrons. The summed E-state index contributed by atoms with van der Waals surface area (Å²) in [6.45, 7) is 4.78. The first-order valence-corrected chi connectivity index (χ1v) is 10.2. The number of benzene rings is 2. The number of carbonyl (C=O) groups excluding carboxylic acids is 1. The number of rotatable bonds is 8. The number of aromatic nitrogens is 2. The fraction of sp³-hybridized carbons (Fsp3) is 0.217. The van der Waals surface area contributed by atoms with Crippen molar-refractivity contribution < 1.29 is 14.3 Å². The van der Waals surface area contributed by atoms with Crippen molar-refractivity contribution in [1.29, 1.82) is 0 Å². The molecule has 0 amide bonds. The zero-order valence-corrected chi connectivity index (χ0v) is 18.5. The van der Waals surface area contributed by atoms with E-state index in [2.05, 4.69) is 5.10 Å². The van der Waals surface area contributed by atoms with Gasteiger partial charge in [-0.2, -0.15) is 5.10 Å². The van der Waals surface area contributed by atoms with E-state index in [0.717, 1.165) is 11.1 Å². The Bertz CT molecular complexity index is 1090. The quantitative estimate of drug-likeness (QED) is 0.315. The summed E-state index contributed by atoms with van der Waals surface area (Å²) in [5.74, 6) is 0.987. The highest BCUT2D eigenvalue weighted by Crippen LogP contribution is 2.33. The lowest BCUT2D eigenvalue weighted by Gasteiger charge is -2.14. The van der Waals surface area contributed by atoms with Crippen molar-refractivity contribution >= 4 is 35.1 Å². The van der Waals surface area contributed by atoms with Crippen molar-refractivity contribution in [3.05, 3.63) is 81.1 Å². The first kappa shape index (κ1) is 21.9. The van der Waals surface area contributed by atoms with Gasteiger partial charge >= 0.3 is 0 Å². The molecule has 156 valence electrons. The first-order valence-electron chi connectivity index (χ1n) is 9.43. The first-order chi connectivity index (χ1) is 14.4. The van der Waals surface area contributed by atoms with Crippen molar-refractivity contribution in [3.63, 3.8) is 0 Å². The van der Waals surface area contributed by atoms with Crippen LogP contribution in [0.3, 0.4) is 0 Å². The van der Waals surface area contributed by atoms with Crippen LogP contribution in [0.2, 0.25) is 10.0 Å². The number of aryl methyl sites for hydroxylation is 2. The SMILES string of the molecule is CCn1cc(C(=O)/C=C/c2cccc(OC)c2OCc2ccc(Cl)c(Cl)c2)c(C)n1. The number of allylic oxidation sites excluding steroid dienone is 1. The molecule has 0 aliphatic rings. The van der Waals surface area contributed by atoms with Crippen LogP contribution >= 0.6 is 23.2 Å². The van der Waals surface area contributed by atoms with Gasteiger partial charge in [-0.05, 0) is 49.8 Å². The Morgan fingerprint density at radius 3 is 2.67 bits per heavy atom. The van der Waals surface area contributed by atoms with Crippen LogP contribution in [0.4, 0.5) is 0 Å². The van der Waals surface area contributed by atoms with Gasteiger partial charge in [-0.25, -0.2) is 0 Å². The second kappa shape index (κ2) is 9.83. The van der Waals surface area contributed by atoms with E-state index in [0.29, 0.717) is 39.3 Å². The summed E-state index contributed by atoms with van der Waals surface area (Å²) in [6.07, 6.45) is 5.00. The molecule has 3 rings (SSSR count). The molecular formula is C23H22Cl2N2O3. The van der Waals surface area contributed by atoms with Gasteiger partial charge in [0.2, 0.25) is 0 Å². The van der Waals surface area contributed by atoms with Gasteiger partial charge in [0.1, 0.15) is 6.61 Å². The minimum Gasteiger partial charge on any atom is -0.493 e. The Hall–Kier alpha value is -2.76. The van der Waals surface area contributed by atoms with E-state index in [9.17, 15) is 4.79 Å². The molecule has 0 aliphatic carbocycles. The maximum Gasteiger partial charge on any atom is 0.189 e. The average Bonchev–Trinajstić information content (AvgIpc) is 3.13. The summed E-state index contributed by atoms with van der Waals surface area (Å²) in [6, 6.07) is 10.8. The number of para-hydroxylation sites is 1. The topological polar surface area (TPSA) is 53.4 Å². The minimum absolute atomic E-state index is 0.120. The molecule has 7 heteroatoms. The van der Waals surface area contributed by atoms with Crippen molar-refractivity contribution in [2.24, 2.45) is 0 Å². The normalized spacial score (nSPS) is 11.1. The Kier molecular flexibility index (Phi) is 7.19. The number of halogens is 2. The van der Waals surface area contributed by atoms with Gasteiger partial charge in [-0.3, -0.25) is 9.48 Å². The van der Waals surface area contributed by atoms with Crippen molar-refractivity contribution in [3.8, 4) is 11.5 Å². The Morgan fingerprint density at radius 2 is 2.00 bits per heavy atom. The molecule has 30 heavy (non-hydrogen) atoms. The molecule has 2 aromatic carbocycles. The van der Waals surface area contributed by atoms with E-state index < -0.39 is 0 Å². The number of hydrogen-bond acceptors (Lipinski definition) is 4. The van der Waals surface area contributed by atoms with Gasteiger partial charge in [0, 0.05) is 18.3 Å². The fourth-order valence-corrected chi connectivity index (χ4v) is 3.26. The second-order valence-corrected chi connectivity index (χ2v) is 7.41. The summed E-state index contributed by atoms with van der Waals surface area (Å²) in [5, 5.41) is 5.28. The molecule has 0 N–H and O–H groups in total. The minimum atomic E-state index is -0.120. The largest absolute Gasteiger partial charge is 0.493 e. The lowest BCUT2D eigenvalue weighted by atomic mass is 10.1.